The molecule has 0 unspecified atom stereocenters. The Labute approximate surface area is 149 Å². The highest BCUT2D eigenvalue weighted by atomic mass is 19.1. The molecule has 0 saturated carbocycles. The number of H-pyrrole nitrogens is 1. The monoisotopic (exact) mass is 352 g/mol. The average Bonchev–Trinajstić information content (AvgIpc) is 3.03. The maximum Gasteiger partial charge on any atom is 0.136 e. The predicted molar refractivity (Wildman–Crippen MR) is 100 cm³/mol. The topological polar surface area (TPSA) is 44.3 Å². The summed E-state index contributed by atoms with van der Waals surface area (Å²) in [5, 5.41) is 7.95. The molecule has 1 N–H and O–H groups in total. The van der Waals surface area contributed by atoms with E-state index in [1.165, 1.54) is 18.2 Å². The van der Waals surface area contributed by atoms with Crippen molar-refractivity contribution >= 4 is 28.9 Å². The van der Waals surface area contributed by atoms with E-state index in [1.807, 2.05) is 24.1 Å². The Hall–Kier alpha value is -3.02. The van der Waals surface area contributed by atoms with E-state index in [-0.39, 0.29) is 11.6 Å². The maximum absolute atomic E-state index is 14.6. The summed E-state index contributed by atoms with van der Waals surface area (Å²) >= 11 is 0. The number of hydrogen-bond donors (Lipinski definition) is 1. The van der Waals surface area contributed by atoms with E-state index >= 15 is 0 Å². The van der Waals surface area contributed by atoms with Crippen molar-refractivity contribution in [1.29, 1.82) is 0 Å². The van der Waals surface area contributed by atoms with Gasteiger partial charge in [0.1, 0.15) is 17.5 Å². The molecule has 0 fully saturated rings. The zero-order valence-corrected chi connectivity index (χ0v) is 14.3. The highest BCUT2D eigenvalue weighted by Crippen LogP contribution is 2.24. The molecule has 4 rings (SSSR count). The van der Waals surface area contributed by atoms with E-state index < -0.39 is 0 Å². The van der Waals surface area contributed by atoms with Crippen molar-refractivity contribution in [3.8, 4) is 0 Å². The number of halogens is 2. The molecule has 0 bridgehead atoms. The lowest BCUT2D eigenvalue weighted by Gasteiger charge is -2.25. The summed E-state index contributed by atoms with van der Waals surface area (Å²) in [5.41, 5.74) is 2.67. The van der Waals surface area contributed by atoms with Gasteiger partial charge in [0.15, 0.2) is 0 Å². The van der Waals surface area contributed by atoms with Crippen LogP contribution in [0, 0.1) is 11.6 Å². The van der Waals surface area contributed by atoms with Gasteiger partial charge >= 0.3 is 0 Å². The molecule has 4 nitrogen and oxygen atoms in total. The van der Waals surface area contributed by atoms with Gasteiger partial charge in [-0.2, -0.15) is 5.10 Å². The third-order valence-corrected chi connectivity index (χ3v) is 4.50. The minimum atomic E-state index is -0.317. The third kappa shape index (κ3) is 3.10. The van der Waals surface area contributed by atoms with Crippen LogP contribution >= 0.6 is 0 Å². The van der Waals surface area contributed by atoms with Gasteiger partial charge in [0.2, 0.25) is 0 Å². The highest BCUT2D eigenvalue weighted by molar-refractivity contribution is 6.03. The summed E-state index contributed by atoms with van der Waals surface area (Å²) in [7, 11) is 1.92. The summed E-state index contributed by atoms with van der Waals surface area (Å²) in [5.74, 6) is 0.0814. The molecule has 132 valence electrons. The van der Waals surface area contributed by atoms with E-state index in [0.717, 1.165) is 23.9 Å². The van der Waals surface area contributed by atoms with Gasteiger partial charge in [-0.3, -0.25) is 10.1 Å². The zero-order chi connectivity index (χ0) is 18.1. The van der Waals surface area contributed by atoms with Crippen molar-refractivity contribution in [3.63, 3.8) is 0 Å². The Morgan fingerprint density at radius 3 is 2.69 bits per heavy atom. The standard InChI is InChI=1S/C20H18F2N4/c1-26-10-2-9-23-20(26)15-11-16-18(24-25-19(16)12-17(15)22)8-5-13-3-6-14(21)7-4-13/h3-8,11-12H,2,9-10H2,1H3,(H,24,25)/b8-5+. The smallest absolute Gasteiger partial charge is 0.136 e. The number of fused-ring (bicyclic) bond motifs is 1. The fraction of sp³-hybridized carbons (Fsp3) is 0.200. The van der Waals surface area contributed by atoms with Crippen LogP contribution in [0.15, 0.2) is 41.4 Å². The molecule has 0 spiro atoms. The van der Waals surface area contributed by atoms with Crippen LogP contribution in [0.5, 0.6) is 0 Å². The van der Waals surface area contributed by atoms with Gasteiger partial charge in [0.25, 0.3) is 0 Å². The lowest BCUT2D eigenvalue weighted by atomic mass is 10.1. The molecule has 3 aromatic rings. The Kier molecular flexibility index (Phi) is 4.24. The first-order valence-electron chi connectivity index (χ1n) is 8.49. The van der Waals surface area contributed by atoms with Crippen molar-refractivity contribution in [2.45, 2.75) is 6.42 Å². The number of rotatable bonds is 3. The largest absolute Gasteiger partial charge is 0.359 e. The normalized spacial score (nSPS) is 15.0. The quantitative estimate of drug-likeness (QED) is 0.771. The van der Waals surface area contributed by atoms with E-state index in [0.29, 0.717) is 29.2 Å². The molecule has 6 heteroatoms. The van der Waals surface area contributed by atoms with Crippen LogP contribution in [0.4, 0.5) is 8.78 Å². The third-order valence-electron chi connectivity index (χ3n) is 4.50. The van der Waals surface area contributed by atoms with E-state index in [2.05, 4.69) is 15.2 Å². The van der Waals surface area contributed by atoms with Crippen LogP contribution in [0.25, 0.3) is 23.1 Å². The molecule has 1 aliphatic rings. The number of amidine groups is 1. The molecule has 0 atom stereocenters. The second kappa shape index (κ2) is 6.71. The molecule has 2 aromatic carbocycles. The fourth-order valence-electron chi connectivity index (χ4n) is 3.12. The van der Waals surface area contributed by atoms with Crippen LogP contribution in [0.1, 0.15) is 23.2 Å². The number of benzene rings is 2. The van der Waals surface area contributed by atoms with Crippen molar-refractivity contribution in [3.05, 3.63) is 64.9 Å². The van der Waals surface area contributed by atoms with Crippen LogP contribution in [0.3, 0.4) is 0 Å². The molecule has 1 aliphatic heterocycles. The van der Waals surface area contributed by atoms with Gasteiger partial charge < -0.3 is 4.90 Å². The van der Waals surface area contributed by atoms with Gasteiger partial charge in [-0.05, 0) is 36.3 Å². The fourth-order valence-corrected chi connectivity index (χ4v) is 3.12. The summed E-state index contributed by atoms with van der Waals surface area (Å²) in [6.07, 6.45) is 4.66. The molecule has 1 aromatic heterocycles. The second-order valence-corrected chi connectivity index (χ2v) is 6.35. The maximum atomic E-state index is 14.6. The zero-order valence-electron chi connectivity index (χ0n) is 14.3. The Morgan fingerprint density at radius 1 is 1.12 bits per heavy atom. The van der Waals surface area contributed by atoms with Gasteiger partial charge in [0, 0.05) is 31.6 Å². The molecule has 0 saturated heterocycles. The van der Waals surface area contributed by atoms with Crippen LogP contribution < -0.4 is 0 Å². The summed E-state index contributed by atoms with van der Waals surface area (Å²) in [6, 6.07) is 9.45. The summed E-state index contributed by atoms with van der Waals surface area (Å²) in [6.45, 7) is 1.57. The molecule has 0 aliphatic carbocycles. The first kappa shape index (κ1) is 16.4. The minimum Gasteiger partial charge on any atom is -0.359 e. The lowest BCUT2D eigenvalue weighted by molar-refractivity contribution is 0.465. The first-order chi connectivity index (χ1) is 12.6. The molecular weight excluding hydrogens is 334 g/mol. The first-order valence-corrected chi connectivity index (χ1v) is 8.49. The number of aliphatic imine (C=N–C) groups is 1. The molecule has 2 heterocycles. The van der Waals surface area contributed by atoms with Gasteiger partial charge in [-0.25, -0.2) is 8.78 Å². The highest BCUT2D eigenvalue weighted by Gasteiger charge is 2.19. The van der Waals surface area contributed by atoms with Crippen molar-refractivity contribution in [2.75, 3.05) is 20.1 Å². The van der Waals surface area contributed by atoms with Gasteiger partial charge in [-0.1, -0.05) is 18.2 Å². The number of hydrogen-bond acceptors (Lipinski definition) is 3. The number of nitrogens with one attached hydrogen (secondary N) is 1. The predicted octanol–water partition coefficient (Wildman–Crippen LogP) is 4.09. The van der Waals surface area contributed by atoms with Crippen LogP contribution in [-0.2, 0) is 0 Å². The molecular formula is C20H18F2N4. The van der Waals surface area contributed by atoms with Crippen LogP contribution in [0.2, 0.25) is 0 Å². The van der Waals surface area contributed by atoms with Crippen molar-refractivity contribution in [2.24, 2.45) is 4.99 Å². The molecule has 26 heavy (non-hydrogen) atoms. The summed E-state index contributed by atoms with van der Waals surface area (Å²) in [4.78, 5) is 6.46. The Morgan fingerprint density at radius 2 is 1.92 bits per heavy atom. The van der Waals surface area contributed by atoms with Crippen LogP contribution in [-0.4, -0.2) is 41.1 Å². The Bertz CT molecular complexity index is 1000. The second-order valence-electron chi connectivity index (χ2n) is 6.35. The Balaban J connectivity index is 1.74. The van der Waals surface area contributed by atoms with Crippen molar-refractivity contribution < 1.29 is 8.78 Å². The number of aromatic amines is 1. The molecule has 0 amide bonds. The van der Waals surface area contributed by atoms with E-state index in [1.54, 1.807) is 18.2 Å². The SMILES string of the molecule is CN1CCCN=C1c1cc2c(/C=C/c3ccc(F)cc3)n[nH]c2cc1F. The van der Waals surface area contributed by atoms with E-state index in [4.69, 9.17) is 0 Å². The molecule has 0 radical (unpaired) electrons. The lowest BCUT2D eigenvalue weighted by Crippen LogP contribution is -2.33. The number of nitrogens with zero attached hydrogens (tertiary/aromatic N) is 3. The van der Waals surface area contributed by atoms with E-state index in [9.17, 15) is 8.78 Å². The average molecular weight is 352 g/mol. The minimum absolute atomic E-state index is 0.273. The van der Waals surface area contributed by atoms with Gasteiger partial charge in [0.05, 0.1) is 16.8 Å². The van der Waals surface area contributed by atoms with Crippen molar-refractivity contribution in [1.82, 2.24) is 15.1 Å². The summed E-state index contributed by atoms with van der Waals surface area (Å²) < 4.78 is 27.6. The number of aromatic nitrogens is 2. The van der Waals surface area contributed by atoms with Gasteiger partial charge in [-0.15, -0.1) is 0 Å².